The first-order valence-corrected chi connectivity index (χ1v) is 12.0. The quantitative estimate of drug-likeness (QED) is 0.451. The number of hydrogen-bond donors (Lipinski definition) is 3. The molecule has 3 aromatic rings. The fourth-order valence-corrected chi connectivity index (χ4v) is 5.29. The van der Waals surface area contributed by atoms with Gasteiger partial charge in [-0.15, -0.1) is 0 Å². The number of ether oxygens (including phenoxy) is 2. The molecule has 2 aromatic carbocycles. The van der Waals surface area contributed by atoms with E-state index in [1.54, 1.807) is 12.3 Å². The monoisotopic (exact) mass is 477 g/mol. The van der Waals surface area contributed by atoms with Crippen molar-refractivity contribution in [1.29, 1.82) is 0 Å². The Kier molecular flexibility index (Phi) is 6.40. The highest BCUT2D eigenvalue weighted by atomic mass is 16.5. The number of aromatic hydroxyl groups is 1. The Labute approximate surface area is 204 Å². The Morgan fingerprint density at radius 1 is 1.00 bits per heavy atom. The maximum absolute atomic E-state index is 13.7. The molecule has 2 aliphatic rings. The lowest BCUT2D eigenvalue weighted by Gasteiger charge is -2.31. The van der Waals surface area contributed by atoms with Gasteiger partial charge in [0.25, 0.3) is 0 Å². The van der Waals surface area contributed by atoms with E-state index in [0.717, 1.165) is 16.7 Å². The van der Waals surface area contributed by atoms with Crippen LogP contribution in [0.25, 0.3) is 0 Å². The molecule has 0 aliphatic carbocycles. The van der Waals surface area contributed by atoms with Gasteiger partial charge in [0.2, 0.25) is 5.91 Å². The SMILES string of the molecule is CCOc1ccc(C2C3C(NNC3c3cc(C)ccc3O)C(=O)N2Cc2ccco2)cc1OCC. The maximum Gasteiger partial charge on any atom is 0.242 e. The van der Waals surface area contributed by atoms with Crippen LogP contribution in [0.5, 0.6) is 17.2 Å². The van der Waals surface area contributed by atoms with E-state index in [2.05, 4.69) is 10.9 Å². The lowest BCUT2D eigenvalue weighted by Crippen LogP contribution is -2.41. The van der Waals surface area contributed by atoms with Crippen molar-refractivity contribution in [3.63, 3.8) is 0 Å². The van der Waals surface area contributed by atoms with Crippen LogP contribution in [0.1, 0.15) is 48.4 Å². The molecular formula is C27H31N3O5. The zero-order valence-corrected chi connectivity index (χ0v) is 20.2. The van der Waals surface area contributed by atoms with Crippen LogP contribution in [-0.4, -0.2) is 35.2 Å². The number of phenolic OH excluding ortho intramolecular Hbond substituents is 1. The summed E-state index contributed by atoms with van der Waals surface area (Å²) < 4.78 is 17.3. The summed E-state index contributed by atoms with van der Waals surface area (Å²) in [4.78, 5) is 15.5. The largest absolute Gasteiger partial charge is 0.508 e. The summed E-state index contributed by atoms with van der Waals surface area (Å²) in [5.74, 6) is 2.03. The highest BCUT2D eigenvalue weighted by molar-refractivity contribution is 5.86. The number of hydrazine groups is 1. The summed E-state index contributed by atoms with van der Waals surface area (Å²) in [5.41, 5.74) is 9.23. The van der Waals surface area contributed by atoms with Crippen LogP contribution in [0.3, 0.4) is 0 Å². The van der Waals surface area contributed by atoms with Gasteiger partial charge in [0.05, 0.1) is 38.1 Å². The molecule has 8 heteroatoms. The molecule has 1 aromatic heterocycles. The molecule has 4 atom stereocenters. The Balaban J connectivity index is 1.60. The second kappa shape index (κ2) is 9.64. The predicted molar refractivity (Wildman–Crippen MR) is 130 cm³/mol. The summed E-state index contributed by atoms with van der Waals surface area (Å²) in [7, 11) is 0. The average Bonchev–Trinajstić information content (AvgIpc) is 3.57. The fourth-order valence-electron chi connectivity index (χ4n) is 5.29. The number of benzene rings is 2. The molecule has 3 heterocycles. The van der Waals surface area contributed by atoms with E-state index >= 15 is 0 Å². The molecule has 184 valence electrons. The fraction of sp³-hybridized carbons (Fsp3) is 0.370. The second-order valence-electron chi connectivity index (χ2n) is 8.95. The molecule has 2 aliphatic heterocycles. The van der Waals surface area contributed by atoms with Crippen molar-refractivity contribution in [3.05, 3.63) is 77.2 Å². The topological polar surface area (TPSA) is 96.2 Å². The minimum absolute atomic E-state index is 0.0228. The van der Waals surface area contributed by atoms with Gasteiger partial charge in [-0.3, -0.25) is 4.79 Å². The van der Waals surface area contributed by atoms with E-state index in [0.29, 0.717) is 37.0 Å². The van der Waals surface area contributed by atoms with Crippen LogP contribution < -0.4 is 20.3 Å². The average molecular weight is 478 g/mol. The highest BCUT2D eigenvalue weighted by Crippen LogP contribution is 2.50. The molecule has 2 fully saturated rings. The van der Waals surface area contributed by atoms with Crippen molar-refractivity contribution in [3.8, 4) is 17.2 Å². The number of carbonyl (C=O) groups is 1. The number of amides is 1. The number of aryl methyl sites for hydroxylation is 1. The van der Waals surface area contributed by atoms with E-state index in [1.165, 1.54) is 0 Å². The number of phenols is 1. The third-order valence-corrected chi connectivity index (χ3v) is 6.75. The van der Waals surface area contributed by atoms with E-state index in [9.17, 15) is 9.90 Å². The highest BCUT2D eigenvalue weighted by Gasteiger charge is 2.56. The summed E-state index contributed by atoms with van der Waals surface area (Å²) in [6.07, 6.45) is 1.61. The summed E-state index contributed by atoms with van der Waals surface area (Å²) >= 11 is 0. The molecule has 4 unspecified atom stereocenters. The van der Waals surface area contributed by atoms with Crippen molar-refractivity contribution in [1.82, 2.24) is 15.8 Å². The minimum Gasteiger partial charge on any atom is -0.508 e. The van der Waals surface area contributed by atoms with Gasteiger partial charge in [-0.05, 0) is 56.7 Å². The molecule has 2 saturated heterocycles. The van der Waals surface area contributed by atoms with Crippen LogP contribution in [0, 0.1) is 12.8 Å². The lowest BCUT2D eigenvalue weighted by molar-refractivity contribution is -0.131. The third-order valence-electron chi connectivity index (χ3n) is 6.75. The zero-order valence-electron chi connectivity index (χ0n) is 20.2. The predicted octanol–water partition coefficient (Wildman–Crippen LogP) is 4.01. The second-order valence-corrected chi connectivity index (χ2v) is 8.95. The molecular weight excluding hydrogens is 446 g/mol. The number of furan rings is 1. The van der Waals surface area contributed by atoms with Crippen LogP contribution in [-0.2, 0) is 11.3 Å². The van der Waals surface area contributed by atoms with Gasteiger partial charge < -0.3 is 23.9 Å². The van der Waals surface area contributed by atoms with Crippen LogP contribution in [0.15, 0.2) is 59.2 Å². The van der Waals surface area contributed by atoms with Gasteiger partial charge in [0, 0.05) is 11.5 Å². The van der Waals surface area contributed by atoms with Gasteiger partial charge in [-0.1, -0.05) is 23.8 Å². The molecule has 0 saturated carbocycles. The normalized spacial score (nSPS) is 23.5. The first-order chi connectivity index (χ1) is 17.0. The molecule has 0 radical (unpaired) electrons. The summed E-state index contributed by atoms with van der Waals surface area (Å²) in [6, 6.07) is 14.1. The van der Waals surface area contributed by atoms with Gasteiger partial charge in [-0.25, -0.2) is 10.9 Å². The molecule has 1 amide bonds. The van der Waals surface area contributed by atoms with E-state index in [-0.39, 0.29) is 29.7 Å². The zero-order chi connectivity index (χ0) is 24.5. The lowest BCUT2D eigenvalue weighted by atomic mass is 9.82. The number of rotatable bonds is 8. The first kappa shape index (κ1) is 23.3. The van der Waals surface area contributed by atoms with E-state index < -0.39 is 6.04 Å². The number of nitrogens with one attached hydrogen (secondary N) is 2. The Morgan fingerprint density at radius 3 is 2.51 bits per heavy atom. The van der Waals surface area contributed by atoms with Crippen molar-refractivity contribution in [2.45, 2.75) is 45.4 Å². The molecule has 5 rings (SSSR count). The number of hydrogen-bond acceptors (Lipinski definition) is 7. The van der Waals surface area contributed by atoms with Crippen molar-refractivity contribution in [2.75, 3.05) is 13.2 Å². The van der Waals surface area contributed by atoms with Crippen molar-refractivity contribution in [2.24, 2.45) is 5.92 Å². The van der Waals surface area contributed by atoms with Crippen LogP contribution >= 0.6 is 0 Å². The van der Waals surface area contributed by atoms with Gasteiger partial charge in [0.15, 0.2) is 11.5 Å². The van der Waals surface area contributed by atoms with Gasteiger partial charge in [0.1, 0.15) is 17.6 Å². The van der Waals surface area contributed by atoms with Gasteiger partial charge in [-0.2, -0.15) is 0 Å². The third kappa shape index (κ3) is 4.24. The molecule has 8 nitrogen and oxygen atoms in total. The van der Waals surface area contributed by atoms with Gasteiger partial charge >= 0.3 is 0 Å². The van der Waals surface area contributed by atoms with E-state index in [4.69, 9.17) is 13.9 Å². The van der Waals surface area contributed by atoms with Crippen LogP contribution in [0.4, 0.5) is 0 Å². The summed E-state index contributed by atoms with van der Waals surface area (Å²) in [5, 5.41) is 10.7. The van der Waals surface area contributed by atoms with E-state index in [1.807, 2.05) is 68.1 Å². The Bertz CT molecular complexity index is 1200. The molecule has 0 bridgehead atoms. The standard InChI is InChI=1S/C27H31N3O5/c1-4-33-21-11-9-17(14-22(21)34-5-2)26-23-24(19-13-16(3)8-10-20(19)31)28-29-25(23)27(32)30(26)15-18-7-6-12-35-18/h6-14,23-26,28-29,31H,4-5,15H2,1-3H3. The van der Waals surface area contributed by atoms with Crippen LogP contribution in [0.2, 0.25) is 0 Å². The van der Waals surface area contributed by atoms with Crippen molar-refractivity contribution < 1.29 is 23.8 Å². The smallest absolute Gasteiger partial charge is 0.242 e. The molecule has 0 spiro atoms. The number of carbonyl (C=O) groups excluding carboxylic acids is 1. The van der Waals surface area contributed by atoms with Crippen molar-refractivity contribution >= 4 is 5.91 Å². The maximum atomic E-state index is 13.7. The summed E-state index contributed by atoms with van der Waals surface area (Å²) in [6.45, 7) is 7.22. The number of likely N-dealkylation sites (tertiary alicyclic amines) is 1. The first-order valence-electron chi connectivity index (χ1n) is 12.0. The number of fused-ring (bicyclic) bond motifs is 1. The molecule has 3 N–H and O–H groups in total. The Morgan fingerprint density at radius 2 is 1.77 bits per heavy atom. The molecule has 35 heavy (non-hydrogen) atoms. The number of nitrogens with zero attached hydrogens (tertiary/aromatic N) is 1. The Hall–Kier alpha value is -3.49. The minimum atomic E-state index is -0.456.